The maximum Gasteiger partial charge on any atom is 0.254 e. The SMILES string of the molecule is CC(C)(CNC(=O)c1ccc(F)cc1F)c1ccco1. The molecule has 106 valence electrons. The van der Waals surface area contributed by atoms with Crippen LogP contribution in [0.5, 0.6) is 0 Å². The highest BCUT2D eigenvalue weighted by Crippen LogP contribution is 2.22. The van der Waals surface area contributed by atoms with Crippen LogP contribution in [0.1, 0.15) is 30.0 Å². The molecule has 1 heterocycles. The van der Waals surface area contributed by atoms with Gasteiger partial charge in [-0.3, -0.25) is 4.79 Å². The van der Waals surface area contributed by atoms with Crippen LogP contribution < -0.4 is 5.32 Å². The summed E-state index contributed by atoms with van der Waals surface area (Å²) in [5.41, 5.74) is -0.600. The highest BCUT2D eigenvalue weighted by molar-refractivity contribution is 5.94. The Balaban J connectivity index is 2.05. The van der Waals surface area contributed by atoms with Gasteiger partial charge < -0.3 is 9.73 Å². The molecule has 0 bridgehead atoms. The third kappa shape index (κ3) is 3.04. The van der Waals surface area contributed by atoms with Crippen LogP contribution >= 0.6 is 0 Å². The van der Waals surface area contributed by atoms with E-state index in [1.165, 1.54) is 0 Å². The number of furan rings is 1. The number of rotatable bonds is 4. The van der Waals surface area contributed by atoms with E-state index < -0.39 is 23.0 Å². The lowest BCUT2D eigenvalue weighted by Gasteiger charge is -2.22. The molecule has 0 aliphatic carbocycles. The first kappa shape index (κ1) is 14.2. The molecular weight excluding hydrogens is 264 g/mol. The first-order chi connectivity index (χ1) is 9.40. The van der Waals surface area contributed by atoms with Gasteiger partial charge in [-0.1, -0.05) is 13.8 Å². The van der Waals surface area contributed by atoms with Crippen LogP contribution in [0.2, 0.25) is 0 Å². The molecule has 2 rings (SSSR count). The van der Waals surface area contributed by atoms with Gasteiger partial charge in [-0.05, 0) is 24.3 Å². The van der Waals surface area contributed by atoms with Crippen molar-refractivity contribution in [2.45, 2.75) is 19.3 Å². The predicted molar refractivity (Wildman–Crippen MR) is 70.4 cm³/mol. The zero-order chi connectivity index (χ0) is 14.8. The molecule has 5 heteroatoms. The van der Waals surface area contributed by atoms with Crippen LogP contribution in [0, 0.1) is 11.6 Å². The van der Waals surface area contributed by atoms with E-state index in [-0.39, 0.29) is 12.1 Å². The third-order valence-corrected chi connectivity index (χ3v) is 3.05. The van der Waals surface area contributed by atoms with E-state index in [1.807, 2.05) is 19.9 Å². The Hall–Kier alpha value is -2.17. The van der Waals surface area contributed by atoms with Crippen LogP contribution in [0.15, 0.2) is 41.0 Å². The standard InChI is InChI=1S/C15H15F2NO2/c1-15(2,13-4-3-7-20-13)9-18-14(19)11-6-5-10(16)8-12(11)17/h3-8H,9H2,1-2H3,(H,18,19). The lowest BCUT2D eigenvalue weighted by molar-refractivity contribution is 0.0939. The average molecular weight is 279 g/mol. The monoisotopic (exact) mass is 279 g/mol. The summed E-state index contributed by atoms with van der Waals surface area (Å²) in [4.78, 5) is 11.9. The summed E-state index contributed by atoms with van der Waals surface area (Å²) in [6, 6.07) is 6.44. The minimum atomic E-state index is -0.877. The van der Waals surface area contributed by atoms with Gasteiger partial charge in [0, 0.05) is 18.0 Å². The molecule has 2 aromatic rings. The molecule has 0 spiro atoms. The van der Waals surface area contributed by atoms with E-state index in [0.717, 1.165) is 17.9 Å². The number of halogens is 2. The van der Waals surface area contributed by atoms with Gasteiger partial charge >= 0.3 is 0 Å². The minimum absolute atomic E-state index is 0.179. The lowest BCUT2D eigenvalue weighted by atomic mass is 9.90. The van der Waals surface area contributed by atoms with Gasteiger partial charge in [0.1, 0.15) is 17.4 Å². The molecule has 1 amide bonds. The normalized spacial score (nSPS) is 11.4. The fourth-order valence-electron chi connectivity index (χ4n) is 1.82. The van der Waals surface area contributed by atoms with Gasteiger partial charge in [-0.2, -0.15) is 0 Å². The highest BCUT2D eigenvalue weighted by Gasteiger charge is 2.25. The van der Waals surface area contributed by atoms with Crippen molar-refractivity contribution in [2.75, 3.05) is 6.54 Å². The summed E-state index contributed by atoms with van der Waals surface area (Å²) in [6.45, 7) is 4.07. The van der Waals surface area contributed by atoms with E-state index in [0.29, 0.717) is 6.07 Å². The van der Waals surface area contributed by atoms with Gasteiger partial charge in [0.2, 0.25) is 0 Å². The smallest absolute Gasteiger partial charge is 0.254 e. The Morgan fingerprint density at radius 3 is 2.65 bits per heavy atom. The molecule has 0 aliphatic heterocycles. The Morgan fingerprint density at radius 2 is 2.05 bits per heavy atom. The number of carbonyl (C=O) groups is 1. The Kier molecular flexibility index (Phi) is 3.88. The summed E-state index contributed by atoms with van der Waals surface area (Å²) in [6.07, 6.45) is 1.55. The molecule has 0 saturated carbocycles. The molecule has 3 nitrogen and oxygen atoms in total. The number of hydrogen-bond donors (Lipinski definition) is 1. The third-order valence-electron chi connectivity index (χ3n) is 3.05. The van der Waals surface area contributed by atoms with Crippen LogP contribution in [0.4, 0.5) is 8.78 Å². The van der Waals surface area contributed by atoms with Crippen LogP contribution in [0.25, 0.3) is 0 Å². The van der Waals surface area contributed by atoms with Crippen molar-refractivity contribution in [3.63, 3.8) is 0 Å². The number of nitrogens with one attached hydrogen (secondary N) is 1. The van der Waals surface area contributed by atoms with Gasteiger partial charge in [-0.25, -0.2) is 8.78 Å². The molecule has 1 N–H and O–H groups in total. The summed E-state index contributed by atoms with van der Waals surface area (Å²) < 4.78 is 31.6. The maximum atomic E-state index is 13.5. The Bertz CT molecular complexity index is 606. The second-order valence-corrected chi connectivity index (χ2v) is 5.17. The van der Waals surface area contributed by atoms with Gasteiger partial charge in [0.25, 0.3) is 5.91 Å². The summed E-state index contributed by atoms with van der Waals surface area (Å²) >= 11 is 0. The first-order valence-corrected chi connectivity index (χ1v) is 6.17. The molecule has 0 radical (unpaired) electrons. The zero-order valence-corrected chi connectivity index (χ0v) is 11.2. The zero-order valence-electron chi connectivity index (χ0n) is 11.2. The van der Waals surface area contributed by atoms with Gasteiger partial charge in [-0.15, -0.1) is 0 Å². The van der Waals surface area contributed by atoms with Crippen molar-refractivity contribution in [1.82, 2.24) is 5.32 Å². The van der Waals surface area contributed by atoms with E-state index in [9.17, 15) is 13.6 Å². The predicted octanol–water partition coefficient (Wildman–Crippen LogP) is 3.27. The summed E-state index contributed by atoms with van der Waals surface area (Å²) in [5.74, 6) is -1.45. The molecule has 20 heavy (non-hydrogen) atoms. The fourth-order valence-corrected chi connectivity index (χ4v) is 1.82. The maximum absolute atomic E-state index is 13.5. The molecule has 1 aromatic heterocycles. The van der Waals surface area contributed by atoms with Gasteiger partial charge in [0.15, 0.2) is 0 Å². The number of hydrogen-bond acceptors (Lipinski definition) is 2. The van der Waals surface area contributed by atoms with Crippen LogP contribution in [0.3, 0.4) is 0 Å². The van der Waals surface area contributed by atoms with Crippen molar-refractivity contribution in [3.05, 3.63) is 59.6 Å². The molecule has 0 unspecified atom stereocenters. The van der Waals surface area contributed by atoms with E-state index in [4.69, 9.17) is 4.42 Å². The number of benzene rings is 1. The van der Waals surface area contributed by atoms with Crippen LogP contribution in [-0.4, -0.2) is 12.5 Å². The van der Waals surface area contributed by atoms with E-state index in [2.05, 4.69) is 5.32 Å². The molecule has 0 aliphatic rings. The molecular formula is C15H15F2NO2. The number of carbonyl (C=O) groups excluding carboxylic acids is 1. The Morgan fingerprint density at radius 1 is 1.30 bits per heavy atom. The second-order valence-electron chi connectivity index (χ2n) is 5.17. The van der Waals surface area contributed by atoms with E-state index in [1.54, 1.807) is 12.3 Å². The average Bonchev–Trinajstić information content (AvgIpc) is 2.90. The highest BCUT2D eigenvalue weighted by atomic mass is 19.1. The molecule has 0 fully saturated rings. The summed E-state index contributed by atoms with van der Waals surface area (Å²) in [5, 5.41) is 2.63. The van der Waals surface area contributed by atoms with Crippen molar-refractivity contribution >= 4 is 5.91 Å². The molecule has 1 aromatic carbocycles. The lowest BCUT2D eigenvalue weighted by Crippen LogP contribution is -2.36. The largest absolute Gasteiger partial charge is 0.469 e. The quantitative estimate of drug-likeness (QED) is 0.933. The molecule has 0 atom stereocenters. The second kappa shape index (κ2) is 5.45. The van der Waals surface area contributed by atoms with E-state index >= 15 is 0 Å². The molecule has 0 saturated heterocycles. The van der Waals surface area contributed by atoms with Crippen molar-refractivity contribution < 1.29 is 18.0 Å². The summed E-state index contributed by atoms with van der Waals surface area (Å²) in [7, 11) is 0. The van der Waals surface area contributed by atoms with Crippen molar-refractivity contribution in [1.29, 1.82) is 0 Å². The van der Waals surface area contributed by atoms with Crippen molar-refractivity contribution in [3.8, 4) is 0 Å². The van der Waals surface area contributed by atoms with Crippen molar-refractivity contribution in [2.24, 2.45) is 0 Å². The van der Waals surface area contributed by atoms with Crippen LogP contribution in [-0.2, 0) is 5.41 Å². The number of amides is 1. The minimum Gasteiger partial charge on any atom is -0.469 e. The topological polar surface area (TPSA) is 42.2 Å². The van der Waals surface area contributed by atoms with Gasteiger partial charge in [0.05, 0.1) is 11.8 Å². The fraction of sp³-hybridized carbons (Fsp3) is 0.267. The Labute approximate surface area is 115 Å². The first-order valence-electron chi connectivity index (χ1n) is 6.17.